The van der Waals surface area contributed by atoms with Crippen LogP contribution in [0.5, 0.6) is 0 Å². The van der Waals surface area contributed by atoms with Gasteiger partial charge in [-0.25, -0.2) is 0 Å². The van der Waals surface area contributed by atoms with Crippen molar-refractivity contribution in [3.8, 4) is 0 Å². The molecule has 2 heterocycles. The smallest absolute Gasteiger partial charge is 0.0485 e. The molecule has 1 aliphatic heterocycles. The van der Waals surface area contributed by atoms with E-state index in [2.05, 4.69) is 53.2 Å². The van der Waals surface area contributed by atoms with Gasteiger partial charge in [0.25, 0.3) is 0 Å². The predicted octanol–water partition coefficient (Wildman–Crippen LogP) is 3.73. The minimum atomic E-state index is 0.376. The Balaban J connectivity index is 1.89. The second-order valence-corrected chi connectivity index (χ2v) is 7.65. The molecule has 0 aliphatic carbocycles. The molecule has 4 heteroatoms. The van der Waals surface area contributed by atoms with Gasteiger partial charge < -0.3 is 5.73 Å². The van der Waals surface area contributed by atoms with E-state index in [0.29, 0.717) is 12.6 Å². The quantitative estimate of drug-likeness (QED) is 0.933. The Kier molecular flexibility index (Phi) is 4.66. The molecule has 1 aliphatic rings. The summed E-state index contributed by atoms with van der Waals surface area (Å²) in [7, 11) is 0. The molecule has 20 heavy (non-hydrogen) atoms. The highest BCUT2D eigenvalue weighted by Crippen LogP contribution is 2.35. The van der Waals surface area contributed by atoms with E-state index in [4.69, 9.17) is 5.73 Å². The predicted molar refractivity (Wildman–Crippen MR) is 91.7 cm³/mol. The van der Waals surface area contributed by atoms with E-state index in [1.807, 2.05) is 11.3 Å². The molecule has 2 N–H and O–H groups in total. The van der Waals surface area contributed by atoms with E-state index in [0.717, 1.165) is 11.8 Å². The third-order valence-corrected chi connectivity index (χ3v) is 6.51. The van der Waals surface area contributed by atoms with Gasteiger partial charge >= 0.3 is 0 Å². The second-order valence-electron chi connectivity index (χ2n) is 5.33. The lowest BCUT2D eigenvalue weighted by molar-refractivity contribution is 0.209. The monoisotopic (exact) mass is 306 g/mol. The van der Waals surface area contributed by atoms with E-state index in [-0.39, 0.29) is 0 Å². The van der Waals surface area contributed by atoms with Crippen LogP contribution in [0.25, 0.3) is 10.1 Å². The van der Waals surface area contributed by atoms with Crippen molar-refractivity contribution in [2.45, 2.75) is 24.6 Å². The number of hydrogen-bond donors (Lipinski definition) is 1. The third kappa shape index (κ3) is 2.75. The van der Waals surface area contributed by atoms with Crippen molar-refractivity contribution < 1.29 is 0 Å². The van der Waals surface area contributed by atoms with Gasteiger partial charge in [0.15, 0.2) is 0 Å². The number of benzene rings is 1. The van der Waals surface area contributed by atoms with Crippen LogP contribution >= 0.6 is 23.1 Å². The normalized spacial score (nSPS) is 22.2. The molecule has 0 radical (unpaired) electrons. The number of rotatable bonds is 4. The molecule has 0 bridgehead atoms. The zero-order chi connectivity index (χ0) is 13.9. The highest BCUT2D eigenvalue weighted by atomic mass is 32.2. The van der Waals surface area contributed by atoms with Crippen LogP contribution in [-0.2, 0) is 0 Å². The molecular weight excluding hydrogens is 284 g/mol. The molecule has 2 atom stereocenters. The summed E-state index contributed by atoms with van der Waals surface area (Å²) >= 11 is 3.96. The Labute approximate surface area is 129 Å². The minimum absolute atomic E-state index is 0.376. The molecule has 3 rings (SSSR count). The van der Waals surface area contributed by atoms with Gasteiger partial charge in [-0.05, 0) is 28.8 Å². The number of thioether (sulfide) groups is 1. The molecule has 0 amide bonds. The Morgan fingerprint density at radius 3 is 3.05 bits per heavy atom. The molecule has 1 fully saturated rings. The summed E-state index contributed by atoms with van der Waals surface area (Å²) in [6, 6.07) is 9.07. The van der Waals surface area contributed by atoms with Crippen molar-refractivity contribution in [1.82, 2.24) is 4.90 Å². The molecule has 0 saturated carbocycles. The lowest BCUT2D eigenvalue weighted by Gasteiger charge is -2.37. The number of nitrogens with two attached hydrogens (primary N) is 1. The SMILES string of the molecule is CCC1CN(C(CN)c2csc3ccccc23)CCS1. The lowest BCUT2D eigenvalue weighted by Crippen LogP contribution is -2.42. The van der Waals surface area contributed by atoms with Crippen LogP contribution in [0.3, 0.4) is 0 Å². The van der Waals surface area contributed by atoms with Gasteiger partial charge in [0.2, 0.25) is 0 Å². The minimum Gasteiger partial charge on any atom is -0.329 e. The zero-order valence-corrected chi connectivity index (χ0v) is 13.6. The van der Waals surface area contributed by atoms with Gasteiger partial charge in [0.1, 0.15) is 0 Å². The molecule has 1 aromatic carbocycles. The summed E-state index contributed by atoms with van der Waals surface area (Å²) < 4.78 is 1.37. The van der Waals surface area contributed by atoms with Gasteiger partial charge in [-0.3, -0.25) is 4.90 Å². The summed E-state index contributed by atoms with van der Waals surface area (Å²) in [6.45, 7) is 5.33. The van der Waals surface area contributed by atoms with Crippen molar-refractivity contribution >= 4 is 33.2 Å². The van der Waals surface area contributed by atoms with Crippen molar-refractivity contribution in [3.05, 3.63) is 35.2 Å². The van der Waals surface area contributed by atoms with Crippen LogP contribution in [0.2, 0.25) is 0 Å². The first-order valence-electron chi connectivity index (χ1n) is 7.35. The summed E-state index contributed by atoms with van der Waals surface area (Å²) in [5.41, 5.74) is 7.55. The van der Waals surface area contributed by atoms with Crippen LogP contribution in [0.4, 0.5) is 0 Å². The number of hydrogen-bond acceptors (Lipinski definition) is 4. The van der Waals surface area contributed by atoms with Crippen LogP contribution in [-0.4, -0.2) is 35.5 Å². The highest BCUT2D eigenvalue weighted by Gasteiger charge is 2.27. The first-order chi connectivity index (χ1) is 9.83. The zero-order valence-electron chi connectivity index (χ0n) is 11.9. The van der Waals surface area contributed by atoms with Crippen LogP contribution in [0.15, 0.2) is 29.6 Å². The number of nitrogens with zero attached hydrogens (tertiary/aromatic N) is 1. The summed E-state index contributed by atoms with van der Waals surface area (Å²) in [4.78, 5) is 2.60. The Hall–Kier alpha value is -0.550. The Bertz CT molecular complexity index is 566. The summed E-state index contributed by atoms with van der Waals surface area (Å²) in [6.07, 6.45) is 1.25. The lowest BCUT2D eigenvalue weighted by atomic mass is 10.0. The van der Waals surface area contributed by atoms with E-state index in [1.165, 1.54) is 34.4 Å². The van der Waals surface area contributed by atoms with E-state index >= 15 is 0 Å². The standard InChI is InChI=1S/C16H22N2S2/c1-2-12-10-18(7-8-19-12)15(9-17)14-11-20-16-6-4-3-5-13(14)16/h3-6,11-12,15H,2,7-10,17H2,1H3. The van der Waals surface area contributed by atoms with Crippen LogP contribution in [0.1, 0.15) is 24.9 Å². The fraction of sp³-hybridized carbons (Fsp3) is 0.500. The fourth-order valence-corrected chi connectivity index (χ4v) is 5.22. The molecule has 2 aromatic rings. The van der Waals surface area contributed by atoms with Crippen molar-refractivity contribution in [2.75, 3.05) is 25.4 Å². The topological polar surface area (TPSA) is 29.3 Å². The molecule has 108 valence electrons. The number of thiophene rings is 1. The third-order valence-electron chi connectivity index (χ3n) is 4.16. The van der Waals surface area contributed by atoms with Crippen LogP contribution < -0.4 is 5.73 Å². The van der Waals surface area contributed by atoms with Gasteiger partial charge in [-0.1, -0.05) is 25.1 Å². The maximum absolute atomic E-state index is 6.13. The van der Waals surface area contributed by atoms with Crippen molar-refractivity contribution in [3.63, 3.8) is 0 Å². The molecule has 0 spiro atoms. The molecule has 2 unspecified atom stereocenters. The summed E-state index contributed by atoms with van der Waals surface area (Å²) in [5.74, 6) is 1.23. The van der Waals surface area contributed by atoms with E-state index in [9.17, 15) is 0 Å². The maximum Gasteiger partial charge on any atom is 0.0485 e. The first-order valence-corrected chi connectivity index (χ1v) is 9.28. The van der Waals surface area contributed by atoms with Crippen LogP contribution in [0, 0.1) is 0 Å². The highest BCUT2D eigenvalue weighted by molar-refractivity contribution is 8.00. The largest absolute Gasteiger partial charge is 0.329 e. The Morgan fingerprint density at radius 1 is 1.40 bits per heavy atom. The van der Waals surface area contributed by atoms with Gasteiger partial charge in [0.05, 0.1) is 0 Å². The second kappa shape index (κ2) is 6.48. The first kappa shape index (κ1) is 14.4. The van der Waals surface area contributed by atoms with Crippen molar-refractivity contribution in [1.29, 1.82) is 0 Å². The molecular formula is C16H22N2S2. The average molecular weight is 307 g/mol. The number of fused-ring (bicyclic) bond motifs is 1. The summed E-state index contributed by atoms with van der Waals surface area (Å²) in [5, 5.41) is 4.46. The Morgan fingerprint density at radius 2 is 2.25 bits per heavy atom. The van der Waals surface area contributed by atoms with E-state index in [1.54, 1.807) is 0 Å². The van der Waals surface area contributed by atoms with Crippen molar-refractivity contribution in [2.24, 2.45) is 5.73 Å². The maximum atomic E-state index is 6.13. The van der Waals surface area contributed by atoms with Gasteiger partial charge in [0, 0.05) is 41.4 Å². The molecule has 1 saturated heterocycles. The van der Waals surface area contributed by atoms with Gasteiger partial charge in [-0.15, -0.1) is 11.3 Å². The van der Waals surface area contributed by atoms with E-state index < -0.39 is 0 Å². The van der Waals surface area contributed by atoms with Gasteiger partial charge in [-0.2, -0.15) is 11.8 Å². The average Bonchev–Trinajstić information content (AvgIpc) is 2.93. The fourth-order valence-electron chi connectivity index (χ4n) is 3.00. The molecule has 1 aromatic heterocycles. The molecule has 2 nitrogen and oxygen atoms in total.